The van der Waals surface area contributed by atoms with Crippen molar-refractivity contribution in [3.63, 3.8) is 0 Å². The molecule has 1 fully saturated rings. The maximum atomic E-state index is 12.8. The van der Waals surface area contributed by atoms with Gasteiger partial charge < -0.3 is 9.26 Å². The first-order chi connectivity index (χ1) is 13.5. The van der Waals surface area contributed by atoms with Gasteiger partial charge in [0.2, 0.25) is 15.9 Å². The molecule has 1 aromatic heterocycles. The topological polar surface area (TPSA) is 115 Å². The highest BCUT2D eigenvalue weighted by Gasteiger charge is 2.30. The minimum atomic E-state index is -3.68. The van der Waals surface area contributed by atoms with Crippen molar-refractivity contribution in [1.29, 1.82) is 0 Å². The largest absolute Gasteiger partial charge is 0.482 e. The molecule has 4 rings (SSSR count). The fraction of sp³-hybridized carbons (Fsp3) is 0.500. The second-order valence-electron chi connectivity index (χ2n) is 6.96. The molecule has 10 heteroatoms. The molecular formula is C18H22N4O5S. The quantitative estimate of drug-likeness (QED) is 0.777. The monoisotopic (exact) mass is 406 g/mol. The van der Waals surface area contributed by atoms with Crippen LogP contribution in [0, 0.1) is 0 Å². The predicted molar refractivity (Wildman–Crippen MR) is 99.4 cm³/mol. The Morgan fingerprint density at radius 3 is 2.79 bits per heavy atom. The van der Waals surface area contributed by atoms with Gasteiger partial charge in [0.25, 0.3) is 5.91 Å². The van der Waals surface area contributed by atoms with Crippen LogP contribution in [0.1, 0.15) is 44.3 Å². The van der Waals surface area contributed by atoms with Crippen LogP contribution in [0.5, 0.6) is 5.75 Å². The Balaban J connectivity index is 1.63. The van der Waals surface area contributed by atoms with E-state index in [0.29, 0.717) is 29.6 Å². The normalized spacial score (nSPS) is 17.6. The highest BCUT2D eigenvalue weighted by molar-refractivity contribution is 7.89. The van der Waals surface area contributed by atoms with Gasteiger partial charge in [-0.05, 0) is 31.0 Å². The van der Waals surface area contributed by atoms with E-state index in [1.54, 1.807) is 6.07 Å². The Morgan fingerprint density at radius 2 is 2.07 bits per heavy atom. The molecule has 0 spiro atoms. The van der Waals surface area contributed by atoms with Gasteiger partial charge in [0, 0.05) is 12.5 Å². The highest BCUT2D eigenvalue weighted by atomic mass is 32.2. The minimum Gasteiger partial charge on any atom is -0.482 e. The maximum absolute atomic E-state index is 12.8. The first kappa shape index (κ1) is 18.9. The van der Waals surface area contributed by atoms with Crippen LogP contribution in [0.25, 0.3) is 0 Å². The number of carbonyl (C=O) groups is 1. The van der Waals surface area contributed by atoms with Crippen LogP contribution in [0.2, 0.25) is 0 Å². The molecule has 0 atom stereocenters. The van der Waals surface area contributed by atoms with Crippen LogP contribution in [-0.2, 0) is 27.8 Å². The van der Waals surface area contributed by atoms with Gasteiger partial charge in [-0.3, -0.25) is 9.69 Å². The first-order valence-electron chi connectivity index (χ1n) is 9.37. The van der Waals surface area contributed by atoms with Gasteiger partial charge in [-0.25, -0.2) is 13.1 Å². The molecule has 1 aromatic carbocycles. The van der Waals surface area contributed by atoms with Crippen molar-refractivity contribution < 1.29 is 22.5 Å². The molecule has 2 aliphatic rings. The van der Waals surface area contributed by atoms with Crippen LogP contribution in [-0.4, -0.2) is 37.1 Å². The number of nitrogens with zero attached hydrogens (tertiary/aromatic N) is 3. The number of ether oxygens (including phenoxy) is 1. The van der Waals surface area contributed by atoms with E-state index in [-0.39, 0.29) is 30.0 Å². The van der Waals surface area contributed by atoms with E-state index in [1.807, 2.05) is 6.92 Å². The predicted octanol–water partition coefficient (Wildman–Crippen LogP) is 1.78. The van der Waals surface area contributed by atoms with Crippen LogP contribution < -0.4 is 14.4 Å². The van der Waals surface area contributed by atoms with E-state index < -0.39 is 10.0 Å². The van der Waals surface area contributed by atoms with Gasteiger partial charge in [0.15, 0.2) is 12.4 Å². The summed E-state index contributed by atoms with van der Waals surface area (Å²) in [5.41, 5.74) is 0.383. The lowest BCUT2D eigenvalue weighted by Gasteiger charge is -2.29. The summed E-state index contributed by atoms with van der Waals surface area (Å²) in [5.74, 6) is 0.982. The molecule has 1 aliphatic heterocycles. The number of hydrogen-bond donors (Lipinski definition) is 1. The first-order valence-corrected chi connectivity index (χ1v) is 10.9. The zero-order valence-electron chi connectivity index (χ0n) is 15.6. The summed E-state index contributed by atoms with van der Waals surface area (Å²) in [6.45, 7) is 1.84. The maximum Gasteiger partial charge on any atom is 0.265 e. The van der Waals surface area contributed by atoms with Crippen LogP contribution in [0.3, 0.4) is 0 Å². The lowest BCUT2D eigenvalue weighted by atomic mass is 10.2. The van der Waals surface area contributed by atoms with E-state index in [0.717, 1.165) is 25.7 Å². The summed E-state index contributed by atoms with van der Waals surface area (Å²) in [6, 6.07) is 4.49. The van der Waals surface area contributed by atoms with E-state index in [9.17, 15) is 13.2 Å². The van der Waals surface area contributed by atoms with Crippen molar-refractivity contribution in [3.05, 3.63) is 29.9 Å². The zero-order chi connectivity index (χ0) is 19.7. The number of sulfonamides is 1. The Kier molecular flexibility index (Phi) is 5.07. The molecule has 9 nitrogen and oxygen atoms in total. The summed E-state index contributed by atoms with van der Waals surface area (Å²) < 4.78 is 38.8. The molecule has 1 aliphatic carbocycles. The number of hydrogen-bond acceptors (Lipinski definition) is 7. The van der Waals surface area contributed by atoms with Gasteiger partial charge >= 0.3 is 0 Å². The fourth-order valence-electron chi connectivity index (χ4n) is 3.49. The van der Waals surface area contributed by atoms with Crippen LogP contribution in [0.15, 0.2) is 27.6 Å². The van der Waals surface area contributed by atoms with Crippen molar-refractivity contribution >= 4 is 21.6 Å². The highest BCUT2D eigenvalue weighted by Crippen LogP contribution is 2.35. The number of aryl methyl sites for hydroxylation is 1. The summed E-state index contributed by atoms with van der Waals surface area (Å²) in [7, 11) is -3.68. The minimum absolute atomic E-state index is 0.0400. The standard InChI is InChI=1S/C18H22N4O5S/c1-2-17-19-16(20-27-17)10-22-14-9-13(7-8-15(14)26-11-18(22)23)28(24,25)21-12-5-3-4-6-12/h7-9,12,21H,2-6,10-11H2,1H3. The third kappa shape index (κ3) is 3.74. The van der Waals surface area contributed by atoms with Crippen molar-refractivity contribution in [2.75, 3.05) is 11.5 Å². The SMILES string of the molecule is CCc1nc(CN2C(=O)COc3ccc(S(=O)(=O)NC4CCCC4)cc32)no1. The van der Waals surface area contributed by atoms with Gasteiger partial charge in [-0.1, -0.05) is 24.9 Å². The van der Waals surface area contributed by atoms with Crippen LogP contribution >= 0.6 is 0 Å². The van der Waals surface area contributed by atoms with Crippen molar-refractivity contribution in [3.8, 4) is 5.75 Å². The van der Waals surface area contributed by atoms with Gasteiger partial charge in [-0.2, -0.15) is 4.98 Å². The Bertz CT molecular complexity index is 982. The summed E-state index contributed by atoms with van der Waals surface area (Å²) >= 11 is 0. The molecule has 1 saturated carbocycles. The fourth-order valence-corrected chi connectivity index (χ4v) is 4.82. The molecule has 28 heavy (non-hydrogen) atoms. The molecule has 0 radical (unpaired) electrons. The van der Waals surface area contributed by atoms with Gasteiger partial charge in [0.05, 0.1) is 17.1 Å². The second kappa shape index (κ2) is 7.51. The Morgan fingerprint density at radius 1 is 1.29 bits per heavy atom. The zero-order valence-corrected chi connectivity index (χ0v) is 16.4. The smallest absolute Gasteiger partial charge is 0.265 e. The molecule has 2 aromatic rings. The van der Waals surface area contributed by atoms with Crippen molar-refractivity contribution in [2.24, 2.45) is 0 Å². The number of aromatic nitrogens is 2. The number of anilines is 1. The third-order valence-electron chi connectivity index (χ3n) is 4.97. The number of nitrogens with one attached hydrogen (secondary N) is 1. The van der Waals surface area contributed by atoms with Crippen LogP contribution in [0.4, 0.5) is 5.69 Å². The van der Waals surface area contributed by atoms with E-state index in [2.05, 4.69) is 14.9 Å². The molecule has 0 bridgehead atoms. The number of amides is 1. The summed E-state index contributed by atoms with van der Waals surface area (Å²) in [6.07, 6.45) is 4.33. The van der Waals surface area contributed by atoms with E-state index in [4.69, 9.17) is 9.26 Å². The second-order valence-corrected chi connectivity index (χ2v) is 8.67. The number of carbonyl (C=O) groups excluding carboxylic acids is 1. The lowest BCUT2D eigenvalue weighted by Crippen LogP contribution is -2.39. The Labute approximate surface area is 163 Å². The molecule has 0 saturated heterocycles. The van der Waals surface area contributed by atoms with E-state index >= 15 is 0 Å². The van der Waals surface area contributed by atoms with Gasteiger partial charge in [0.1, 0.15) is 5.75 Å². The molecule has 0 unspecified atom stereocenters. The average Bonchev–Trinajstić information content (AvgIpc) is 3.35. The van der Waals surface area contributed by atoms with Crippen molar-refractivity contribution in [1.82, 2.24) is 14.9 Å². The third-order valence-corrected chi connectivity index (χ3v) is 6.49. The molecule has 1 N–H and O–H groups in total. The number of fused-ring (bicyclic) bond motifs is 1. The molecule has 1 amide bonds. The molecular weight excluding hydrogens is 384 g/mol. The average molecular weight is 406 g/mol. The lowest BCUT2D eigenvalue weighted by molar-refractivity contribution is -0.121. The summed E-state index contributed by atoms with van der Waals surface area (Å²) in [5, 5.41) is 3.88. The number of rotatable bonds is 6. The molecule has 2 heterocycles. The summed E-state index contributed by atoms with van der Waals surface area (Å²) in [4.78, 5) is 18.2. The van der Waals surface area contributed by atoms with E-state index in [1.165, 1.54) is 17.0 Å². The van der Waals surface area contributed by atoms with Crippen molar-refractivity contribution in [2.45, 2.75) is 56.5 Å². The molecule has 150 valence electrons. The Hall–Kier alpha value is -2.46. The number of benzene rings is 1. The van der Waals surface area contributed by atoms with Gasteiger partial charge in [-0.15, -0.1) is 0 Å².